The van der Waals surface area contributed by atoms with E-state index in [9.17, 15) is 13.2 Å². The van der Waals surface area contributed by atoms with Crippen LogP contribution in [0.25, 0.3) is 5.69 Å². The van der Waals surface area contributed by atoms with E-state index >= 15 is 0 Å². The Morgan fingerprint density at radius 1 is 1.38 bits per heavy atom. The van der Waals surface area contributed by atoms with E-state index in [0.717, 1.165) is 4.31 Å². The van der Waals surface area contributed by atoms with Gasteiger partial charge in [-0.25, -0.2) is 27.2 Å². The molecule has 0 spiro atoms. The second kappa shape index (κ2) is 7.60. The Balaban J connectivity index is 1.92. The molecule has 0 bridgehead atoms. The third-order valence-corrected chi connectivity index (χ3v) is 5.21. The molecule has 0 aliphatic heterocycles. The van der Waals surface area contributed by atoms with E-state index in [0.29, 0.717) is 16.4 Å². The number of rotatable bonds is 6. The van der Waals surface area contributed by atoms with Crippen molar-refractivity contribution in [3.63, 3.8) is 0 Å². The van der Waals surface area contributed by atoms with E-state index in [1.165, 1.54) is 31.4 Å². The van der Waals surface area contributed by atoms with Crippen LogP contribution in [0.1, 0.15) is 0 Å². The molecule has 2 amide bonds. The van der Waals surface area contributed by atoms with Crippen molar-refractivity contribution in [2.75, 3.05) is 31.7 Å². The summed E-state index contributed by atoms with van der Waals surface area (Å²) in [5, 5.41) is 9.42. The predicted molar refractivity (Wildman–Crippen MR) is 90.9 cm³/mol. The number of sulfonamides is 1. The summed E-state index contributed by atoms with van der Waals surface area (Å²) in [6.45, 7) is -0.00286. The zero-order valence-electron chi connectivity index (χ0n) is 13.1. The summed E-state index contributed by atoms with van der Waals surface area (Å²) in [5.41, 5.74) is 1.09. The Morgan fingerprint density at radius 2 is 2.12 bits per heavy atom. The fraction of sp³-hybridized carbons (Fsp3) is 0.308. The third kappa shape index (κ3) is 4.66. The SMILES string of the molecule is CN(C)S(=O)(=O)CCNC(=O)Nc1ccc(-n2cncn2)c(Cl)c1. The van der Waals surface area contributed by atoms with Gasteiger partial charge in [-0.05, 0) is 18.2 Å². The summed E-state index contributed by atoms with van der Waals surface area (Å²) in [6, 6.07) is 4.38. The lowest BCUT2D eigenvalue weighted by Gasteiger charge is -2.12. The zero-order valence-corrected chi connectivity index (χ0v) is 14.7. The Hall–Kier alpha value is -2.17. The van der Waals surface area contributed by atoms with Crippen LogP contribution in [0.3, 0.4) is 0 Å². The van der Waals surface area contributed by atoms with Gasteiger partial charge in [-0.15, -0.1) is 0 Å². The zero-order chi connectivity index (χ0) is 17.7. The molecule has 0 unspecified atom stereocenters. The molecular weight excluding hydrogens is 356 g/mol. The van der Waals surface area contributed by atoms with Crippen LogP contribution in [0.4, 0.5) is 10.5 Å². The summed E-state index contributed by atoms with van der Waals surface area (Å²) in [7, 11) is -0.473. The van der Waals surface area contributed by atoms with Gasteiger partial charge in [-0.2, -0.15) is 5.10 Å². The number of carbonyl (C=O) groups is 1. The van der Waals surface area contributed by atoms with E-state index in [-0.39, 0.29) is 12.3 Å². The Morgan fingerprint density at radius 3 is 2.71 bits per heavy atom. The minimum Gasteiger partial charge on any atom is -0.337 e. The van der Waals surface area contributed by atoms with Gasteiger partial charge in [0.1, 0.15) is 12.7 Å². The molecule has 1 aromatic carbocycles. The predicted octanol–water partition coefficient (Wildman–Crippen LogP) is 0.934. The molecule has 2 rings (SSSR count). The van der Waals surface area contributed by atoms with E-state index in [4.69, 9.17) is 11.6 Å². The van der Waals surface area contributed by atoms with Crippen LogP contribution in [0.5, 0.6) is 0 Å². The monoisotopic (exact) mass is 372 g/mol. The molecule has 0 saturated heterocycles. The fourth-order valence-corrected chi connectivity index (χ4v) is 2.75. The Labute approximate surface area is 144 Å². The van der Waals surface area contributed by atoms with Gasteiger partial charge in [0.25, 0.3) is 0 Å². The van der Waals surface area contributed by atoms with Crippen LogP contribution in [0.15, 0.2) is 30.9 Å². The standard InChI is InChI=1S/C13H17ClN6O3S/c1-19(2)24(22,23)6-5-16-13(21)18-10-3-4-12(11(14)7-10)20-9-15-8-17-20/h3-4,7-9H,5-6H2,1-2H3,(H2,16,18,21). The van der Waals surface area contributed by atoms with Crippen molar-refractivity contribution < 1.29 is 13.2 Å². The minimum atomic E-state index is -3.35. The smallest absolute Gasteiger partial charge is 0.319 e. The molecule has 130 valence electrons. The van der Waals surface area contributed by atoms with Crippen LogP contribution in [-0.4, -0.2) is 59.9 Å². The highest BCUT2D eigenvalue weighted by molar-refractivity contribution is 7.89. The molecule has 1 heterocycles. The van der Waals surface area contributed by atoms with E-state index < -0.39 is 16.1 Å². The summed E-state index contributed by atoms with van der Waals surface area (Å²) in [5.74, 6) is -0.181. The van der Waals surface area contributed by atoms with Crippen LogP contribution in [-0.2, 0) is 10.0 Å². The quantitative estimate of drug-likeness (QED) is 0.784. The maximum Gasteiger partial charge on any atom is 0.319 e. The molecule has 0 fully saturated rings. The third-order valence-electron chi connectivity index (χ3n) is 3.07. The molecule has 0 radical (unpaired) electrons. The number of anilines is 1. The number of carbonyl (C=O) groups excluding carboxylic acids is 1. The van der Waals surface area contributed by atoms with Gasteiger partial charge in [0.05, 0.1) is 16.5 Å². The van der Waals surface area contributed by atoms with Gasteiger partial charge in [0.2, 0.25) is 10.0 Å². The number of hydrogen-bond donors (Lipinski definition) is 2. The first kappa shape index (κ1) is 18.2. The molecule has 2 aromatic rings. The Bertz CT molecular complexity index is 807. The first-order chi connectivity index (χ1) is 11.3. The summed E-state index contributed by atoms with van der Waals surface area (Å²) < 4.78 is 25.8. The van der Waals surface area contributed by atoms with Gasteiger partial charge in [0, 0.05) is 26.3 Å². The lowest BCUT2D eigenvalue weighted by molar-refractivity contribution is 0.252. The van der Waals surface area contributed by atoms with Crippen molar-refractivity contribution >= 4 is 33.3 Å². The molecular formula is C13H17ClN6O3S. The number of benzene rings is 1. The van der Waals surface area contributed by atoms with E-state index in [1.54, 1.807) is 18.2 Å². The maximum absolute atomic E-state index is 11.8. The summed E-state index contributed by atoms with van der Waals surface area (Å²) >= 11 is 6.16. The molecule has 9 nitrogen and oxygen atoms in total. The highest BCUT2D eigenvalue weighted by Crippen LogP contribution is 2.23. The summed E-state index contributed by atoms with van der Waals surface area (Å²) in [4.78, 5) is 15.6. The normalized spacial score (nSPS) is 11.5. The average molecular weight is 373 g/mol. The molecule has 24 heavy (non-hydrogen) atoms. The van der Waals surface area contributed by atoms with Crippen molar-refractivity contribution in [3.8, 4) is 5.69 Å². The largest absolute Gasteiger partial charge is 0.337 e. The van der Waals surface area contributed by atoms with Crippen LogP contribution >= 0.6 is 11.6 Å². The second-order valence-corrected chi connectivity index (χ2v) is 7.70. The number of nitrogens with zero attached hydrogens (tertiary/aromatic N) is 4. The molecule has 0 aliphatic carbocycles. The molecule has 1 aromatic heterocycles. The lowest BCUT2D eigenvalue weighted by Crippen LogP contribution is -2.36. The maximum atomic E-state index is 11.8. The van der Waals surface area contributed by atoms with Crippen LogP contribution in [0, 0.1) is 0 Å². The van der Waals surface area contributed by atoms with Crippen molar-refractivity contribution in [3.05, 3.63) is 35.9 Å². The minimum absolute atomic E-state index is 0.00286. The van der Waals surface area contributed by atoms with Gasteiger partial charge in [-0.1, -0.05) is 11.6 Å². The topological polar surface area (TPSA) is 109 Å². The van der Waals surface area contributed by atoms with E-state index in [1.807, 2.05) is 0 Å². The molecule has 0 atom stereocenters. The summed E-state index contributed by atoms with van der Waals surface area (Å²) in [6.07, 6.45) is 2.89. The highest BCUT2D eigenvalue weighted by atomic mass is 35.5. The van der Waals surface area contributed by atoms with Gasteiger partial charge < -0.3 is 10.6 Å². The van der Waals surface area contributed by atoms with Crippen LogP contribution in [0.2, 0.25) is 5.02 Å². The van der Waals surface area contributed by atoms with Gasteiger partial charge in [0.15, 0.2) is 0 Å². The van der Waals surface area contributed by atoms with Crippen LogP contribution < -0.4 is 10.6 Å². The number of nitrogens with one attached hydrogen (secondary N) is 2. The van der Waals surface area contributed by atoms with Gasteiger partial charge in [-0.3, -0.25) is 0 Å². The number of aromatic nitrogens is 3. The fourth-order valence-electron chi connectivity index (χ4n) is 1.75. The lowest BCUT2D eigenvalue weighted by atomic mass is 10.3. The van der Waals surface area contributed by atoms with E-state index in [2.05, 4.69) is 20.7 Å². The Kier molecular flexibility index (Phi) is 5.75. The first-order valence-corrected chi connectivity index (χ1v) is 8.88. The van der Waals surface area contributed by atoms with Crippen molar-refractivity contribution in [1.82, 2.24) is 24.4 Å². The number of amides is 2. The molecule has 0 aliphatic rings. The van der Waals surface area contributed by atoms with Crippen molar-refractivity contribution in [2.24, 2.45) is 0 Å². The van der Waals surface area contributed by atoms with Crippen molar-refractivity contribution in [2.45, 2.75) is 0 Å². The molecule has 0 saturated carbocycles. The number of hydrogen-bond acceptors (Lipinski definition) is 5. The number of urea groups is 1. The van der Waals surface area contributed by atoms with Gasteiger partial charge >= 0.3 is 6.03 Å². The first-order valence-electron chi connectivity index (χ1n) is 6.89. The highest BCUT2D eigenvalue weighted by Gasteiger charge is 2.14. The number of halogens is 1. The average Bonchev–Trinajstić information content (AvgIpc) is 3.01. The van der Waals surface area contributed by atoms with Crippen molar-refractivity contribution in [1.29, 1.82) is 0 Å². The second-order valence-electron chi connectivity index (χ2n) is 4.99. The molecule has 11 heteroatoms. The molecule has 2 N–H and O–H groups in total.